The number of rotatable bonds is 14. The van der Waals surface area contributed by atoms with Gasteiger partial charge in [-0.05, 0) is 61.6 Å². The van der Waals surface area contributed by atoms with Crippen molar-refractivity contribution in [2.24, 2.45) is 5.73 Å². The van der Waals surface area contributed by atoms with Crippen LogP contribution in [0.25, 0.3) is 0 Å². The average Bonchev–Trinajstić information content (AvgIpc) is 3.78. The molecule has 0 unspecified atom stereocenters. The van der Waals surface area contributed by atoms with Gasteiger partial charge in [-0.2, -0.15) is 0 Å². The fraction of sp³-hybridized carbons (Fsp3) is 0.457. The number of benzene rings is 2. The number of aryl methyl sites for hydroxylation is 1. The molecule has 0 radical (unpaired) electrons. The Balaban J connectivity index is 0.778. The third-order valence-electron chi connectivity index (χ3n) is 12.4. The van der Waals surface area contributed by atoms with E-state index >= 15 is 0 Å². The van der Waals surface area contributed by atoms with Crippen LogP contribution in [0.1, 0.15) is 69.7 Å². The zero-order valence-electron chi connectivity index (χ0n) is 35.5. The summed E-state index contributed by atoms with van der Waals surface area (Å²) in [5.41, 5.74) is 6.65. The molecule has 17 heteroatoms. The first-order valence-electron chi connectivity index (χ1n) is 21.6. The van der Waals surface area contributed by atoms with E-state index < -0.39 is 17.6 Å². The summed E-state index contributed by atoms with van der Waals surface area (Å²) in [6.45, 7) is 8.32. The number of hydrogen-bond donors (Lipinski definition) is 2. The SMILES string of the molecule is C=CC(=O)N1CCN(c2ccc(CCC(=O)N3CCC(OC4CCN(CC(=O)N5CCN(C(=O)c6cc(CC(=N)c7ccccc7C(N)=O)ccc6F)CC5)CC4)CC3)o2)C(=O)C1. The first-order valence-corrected chi connectivity index (χ1v) is 21.6. The second kappa shape index (κ2) is 20.3. The van der Waals surface area contributed by atoms with Gasteiger partial charge in [0.25, 0.3) is 5.91 Å². The van der Waals surface area contributed by atoms with E-state index in [1.165, 1.54) is 34.1 Å². The summed E-state index contributed by atoms with van der Waals surface area (Å²) >= 11 is 0. The third-order valence-corrected chi connectivity index (χ3v) is 12.4. The van der Waals surface area contributed by atoms with E-state index in [0.717, 1.165) is 38.8 Å². The van der Waals surface area contributed by atoms with Crippen LogP contribution in [-0.2, 0) is 36.8 Å². The monoisotopic (exact) mass is 866 g/mol. The molecular formula is C46H55FN8O8. The van der Waals surface area contributed by atoms with Crippen LogP contribution < -0.4 is 10.6 Å². The van der Waals surface area contributed by atoms with Gasteiger partial charge in [-0.1, -0.05) is 30.8 Å². The average molecular weight is 867 g/mol. The van der Waals surface area contributed by atoms with Crippen LogP contribution in [0.4, 0.5) is 10.3 Å². The number of piperidine rings is 2. The highest BCUT2D eigenvalue weighted by molar-refractivity contribution is 6.09. The van der Waals surface area contributed by atoms with Gasteiger partial charge in [0, 0.05) is 108 Å². The summed E-state index contributed by atoms with van der Waals surface area (Å²) in [7, 11) is 0. The lowest BCUT2D eigenvalue weighted by Gasteiger charge is -2.38. The topological polar surface area (TPSA) is 194 Å². The van der Waals surface area contributed by atoms with E-state index in [2.05, 4.69) is 11.5 Å². The molecule has 3 aromatic rings. The summed E-state index contributed by atoms with van der Waals surface area (Å²) in [5, 5.41) is 8.56. The standard InChI is InChI=1S/C46H55FN8O8/c1-2-40(56)54-25-26-55(43(59)30-54)44-12-9-32(63-44)8-11-41(57)51-19-15-34(16-20-51)62-33-13-17-50(18-14-33)29-42(58)52-21-23-53(24-22-52)46(61)37-27-31(7-10-38(37)47)28-39(48)35-5-3-4-6-36(35)45(49)60/h2-7,9-10,12,27,33-34,48H,1,8,11,13-26,28-30H2,(H2,49,60). The summed E-state index contributed by atoms with van der Waals surface area (Å²) in [4.78, 5) is 86.4. The Hall–Kier alpha value is -6.20. The highest BCUT2D eigenvalue weighted by Crippen LogP contribution is 2.25. The van der Waals surface area contributed by atoms with Crippen LogP contribution in [0.5, 0.6) is 0 Å². The Labute approximate surface area is 365 Å². The highest BCUT2D eigenvalue weighted by atomic mass is 19.1. The Morgan fingerprint density at radius 3 is 2.08 bits per heavy atom. The van der Waals surface area contributed by atoms with Crippen LogP contribution in [0.15, 0.2) is 71.7 Å². The molecule has 16 nitrogen and oxygen atoms in total. The summed E-state index contributed by atoms with van der Waals surface area (Å²) < 4.78 is 27.3. The minimum atomic E-state index is -0.666. The van der Waals surface area contributed by atoms with Crippen LogP contribution in [0.3, 0.4) is 0 Å². The number of anilines is 1. The molecule has 3 N–H and O–H groups in total. The van der Waals surface area contributed by atoms with Crippen LogP contribution in [-0.4, -0.2) is 156 Å². The number of carbonyl (C=O) groups excluding carboxylic acids is 6. The fourth-order valence-corrected chi connectivity index (χ4v) is 8.70. The smallest absolute Gasteiger partial charge is 0.256 e. The first kappa shape index (κ1) is 44.8. The largest absolute Gasteiger partial charge is 0.445 e. The molecule has 0 saturated carbocycles. The first-order chi connectivity index (χ1) is 30.4. The lowest BCUT2D eigenvalue weighted by atomic mass is 9.96. The number of nitrogens with two attached hydrogens (primary N) is 1. The van der Waals surface area contributed by atoms with Gasteiger partial charge in [-0.25, -0.2) is 4.39 Å². The quantitative estimate of drug-likeness (QED) is 0.181. The number of nitrogens with one attached hydrogen (secondary N) is 1. The minimum absolute atomic E-state index is 0.0132. The predicted molar refractivity (Wildman–Crippen MR) is 231 cm³/mol. The number of nitrogens with zero attached hydrogens (tertiary/aromatic N) is 6. The number of piperazine rings is 2. The molecule has 0 atom stereocenters. The Bertz CT molecular complexity index is 2220. The summed E-state index contributed by atoms with van der Waals surface area (Å²) in [6, 6.07) is 14.2. The molecule has 4 aliphatic heterocycles. The number of ether oxygens (including phenoxy) is 1. The van der Waals surface area contributed by atoms with Gasteiger partial charge >= 0.3 is 0 Å². The van der Waals surface area contributed by atoms with Gasteiger partial charge in [0.1, 0.15) is 18.1 Å². The molecular weight excluding hydrogens is 812 g/mol. The van der Waals surface area contributed by atoms with E-state index in [9.17, 15) is 33.2 Å². The van der Waals surface area contributed by atoms with E-state index in [4.69, 9.17) is 20.3 Å². The second-order valence-electron chi connectivity index (χ2n) is 16.5. The van der Waals surface area contributed by atoms with Gasteiger partial charge in [0.2, 0.25) is 35.4 Å². The maximum absolute atomic E-state index is 15.0. The molecule has 4 fully saturated rings. The number of halogens is 1. The molecule has 5 heterocycles. The lowest BCUT2D eigenvalue weighted by molar-refractivity contribution is -0.137. The molecule has 4 saturated heterocycles. The molecule has 6 amide bonds. The summed E-state index contributed by atoms with van der Waals surface area (Å²) in [5.74, 6) is -1.24. The van der Waals surface area contributed by atoms with Gasteiger partial charge in [-0.15, -0.1) is 0 Å². The van der Waals surface area contributed by atoms with E-state index in [0.29, 0.717) is 74.9 Å². The molecule has 0 bridgehead atoms. The van der Waals surface area contributed by atoms with Crippen LogP contribution in [0, 0.1) is 11.2 Å². The number of amides is 6. The van der Waals surface area contributed by atoms with Crippen molar-refractivity contribution < 1.29 is 42.3 Å². The van der Waals surface area contributed by atoms with Crippen molar-refractivity contribution in [1.82, 2.24) is 24.5 Å². The molecule has 1 aromatic heterocycles. The Morgan fingerprint density at radius 2 is 1.41 bits per heavy atom. The van der Waals surface area contributed by atoms with Crippen molar-refractivity contribution in [2.45, 2.75) is 57.2 Å². The number of furan rings is 1. The molecule has 4 aliphatic rings. The van der Waals surface area contributed by atoms with Crippen molar-refractivity contribution >= 4 is 47.0 Å². The van der Waals surface area contributed by atoms with Crippen molar-refractivity contribution in [3.63, 3.8) is 0 Å². The normalized spacial score (nSPS) is 18.1. The number of primary amides is 1. The zero-order valence-corrected chi connectivity index (χ0v) is 35.5. The van der Waals surface area contributed by atoms with Crippen molar-refractivity contribution in [3.8, 4) is 0 Å². The zero-order chi connectivity index (χ0) is 44.6. The van der Waals surface area contributed by atoms with Gasteiger partial charge < -0.3 is 39.9 Å². The predicted octanol–water partition coefficient (Wildman–Crippen LogP) is 2.88. The van der Waals surface area contributed by atoms with Crippen molar-refractivity contribution in [2.75, 3.05) is 83.4 Å². The Morgan fingerprint density at radius 1 is 0.778 bits per heavy atom. The van der Waals surface area contributed by atoms with Gasteiger partial charge in [0.15, 0.2) is 0 Å². The van der Waals surface area contributed by atoms with Gasteiger partial charge in [-0.3, -0.25) is 38.6 Å². The van der Waals surface area contributed by atoms with E-state index in [1.807, 2.05) is 4.90 Å². The molecule has 63 heavy (non-hydrogen) atoms. The van der Waals surface area contributed by atoms with E-state index in [-0.39, 0.29) is 85.3 Å². The third kappa shape index (κ3) is 11.1. The summed E-state index contributed by atoms with van der Waals surface area (Å²) in [6.07, 6.45) is 5.23. The van der Waals surface area contributed by atoms with Crippen molar-refractivity contribution in [1.29, 1.82) is 5.41 Å². The maximum atomic E-state index is 15.0. The minimum Gasteiger partial charge on any atom is -0.445 e. The fourth-order valence-electron chi connectivity index (χ4n) is 8.70. The molecule has 2 aromatic carbocycles. The number of hydrogen-bond acceptors (Lipinski definition) is 10. The molecule has 0 aliphatic carbocycles. The van der Waals surface area contributed by atoms with Crippen LogP contribution >= 0.6 is 0 Å². The molecule has 0 spiro atoms. The second-order valence-corrected chi connectivity index (χ2v) is 16.5. The molecule has 7 rings (SSSR count). The lowest BCUT2D eigenvalue weighted by Crippen LogP contribution is -2.53. The van der Waals surface area contributed by atoms with Crippen LogP contribution in [0.2, 0.25) is 0 Å². The Kier molecular flexibility index (Phi) is 14.5. The van der Waals surface area contributed by atoms with Gasteiger partial charge in [0.05, 0.1) is 24.3 Å². The number of carbonyl (C=O) groups is 6. The maximum Gasteiger partial charge on any atom is 0.256 e. The van der Waals surface area contributed by atoms with E-state index in [1.54, 1.807) is 46.2 Å². The highest BCUT2D eigenvalue weighted by Gasteiger charge is 2.32. The van der Waals surface area contributed by atoms with Crippen molar-refractivity contribution in [3.05, 3.63) is 101 Å². The number of likely N-dealkylation sites (tertiary alicyclic amines) is 2. The molecule has 334 valence electrons.